The van der Waals surface area contributed by atoms with Gasteiger partial charge in [0.2, 0.25) is 0 Å². The van der Waals surface area contributed by atoms with Crippen molar-refractivity contribution in [2.24, 2.45) is 0 Å². The Morgan fingerprint density at radius 1 is 1.44 bits per heavy atom. The Kier molecular flexibility index (Phi) is 4.10. The molecular weight excluding hydrogens is 285 g/mol. The second-order valence-corrected chi connectivity index (χ2v) is 3.41. The molecule has 0 N–H and O–H groups in total. The number of halogens is 6. The summed E-state index contributed by atoms with van der Waals surface area (Å²) in [4.78, 5) is 14.1. The Bertz CT molecular complexity index is 475. The van der Waals surface area contributed by atoms with Gasteiger partial charge in [-0.15, -0.1) is 0 Å². The van der Waals surface area contributed by atoms with E-state index in [0.717, 1.165) is 7.11 Å². The van der Waals surface area contributed by atoms with Gasteiger partial charge in [-0.25, -0.2) is 13.6 Å². The summed E-state index contributed by atoms with van der Waals surface area (Å²) in [6.45, 7) is 0. The topological polar surface area (TPSA) is 39.2 Å². The Morgan fingerprint density at radius 3 is 2.39 bits per heavy atom. The lowest BCUT2D eigenvalue weighted by atomic mass is 10.1. The highest BCUT2D eigenvalue weighted by molar-refractivity contribution is 6.34. The minimum atomic E-state index is -4.96. The highest BCUT2D eigenvalue weighted by atomic mass is 35.5. The normalized spacial score (nSPS) is 11.8. The number of aromatic nitrogens is 1. The molecule has 0 aliphatic carbocycles. The lowest BCUT2D eigenvalue weighted by molar-refractivity contribution is -0.138. The van der Waals surface area contributed by atoms with Gasteiger partial charge in [-0.2, -0.15) is 13.2 Å². The molecule has 0 atom stereocenters. The van der Waals surface area contributed by atoms with Gasteiger partial charge in [0.25, 0.3) is 6.43 Å². The minimum absolute atomic E-state index is 0.125. The van der Waals surface area contributed by atoms with E-state index in [1.165, 1.54) is 0 Å². The first-order chi connectivity index (χ1) is 8.20. The predicted octanol–water partition coefficient (Wildman–Crippen LogP) is 3.48. The van der Waals surface area contributed by atoms with Gasteiger partial charge in [-0.3, -0.25) is 4.98 Å². The molecule has 0 radical (unpaired) electrons. The van der Waals surface area contributed by atoms with Crippen LogP contribution >= 0.6 is 11.6 Å². The fraction of sp³-hybridized carbons (Fsp3) is 0.333. The Balaban J connectivity index is 3.57. The van der Waals surface area contributed by atoms with Crippen molar-refractivity contribution in [3.8, 4) is 0 Å². The molecule has 0 fully saturated rings. The van der Waals surface area contributed by atoms with Crippen LogP contribution in [0.25, 0.3) is 0 Å². The van der Waals surface area contributed by atoms with Crippen LogP contribution in [0.4, 0.5) is 22.0 Å². The number of hydrogen-bond donors (Lipinski definition) is 0. The van der Waals surface area contributed by atoms with E-state index in [0.29, 0.717) is 0 Å². The molecule has 0 aromatic carbocycles. The number of hydrogen-bond acceptors (Lipinski definition) is 3. The molecule has 0 aliphatic rings. The van der Waals surface area contributed by atoms with Crippen molar-refractivity contribution in [3.05, 3.63) is 28.0 Å². The van der Waals surface area contributed by atoms with E-state index in [4.69, 9.17) is 11.6 Å². The molecule has 3 nitrogen and oxygen atoms in total. The van der Waals surface area contributed by atoms with Crippen LogP contribution in [-0.2, 0) is 10.9 Å². The number of pyridine rings is 1. The van der Waals surface area contributed by atoms with E-state index in [1.54, 1.807) is 0 Å². The van der Waals surface area contributed by atoms with Gasteiger partial charge in [-0.1, -0.05) is 11.6 Å². The van der Waals surface area contributed by atoms with Crippen LogP contribution in [0.5, 0.6) is 0 Å². The van der Waals surface area contributed by atoms with E-state index in [1.807, 2.05) is 0 Å². The molecule has 1 aromatic rings. The Hall–Kier alpha value is -1.44. The maximum atomic E-state index is 12.6. The van der Waals surface area contributed by atoms with Gasteiger partial charge in [-0.05, 0) is 0 Å². The standard InChI is InChI=1S/C9H5ClF5NO2/c1-18-8(17)4-3(9(13,14)15)2-16-6(5(4)10)7(11)12/h2,7H,1H3. The summed E-state index contributed by atoms with van der Waals surface area (Å²) in [5.74, 6) is -1.46. The predicted molar refractivity (Wildman–Crippen MR) is 50.5 cm³/mol. The number of methoxy groups -OCH3 is 1. The molecule has 1 rings (SSSR count). The Morgan fingerprint density at radius 2 is 2.00 bits per heavy atom. The third kappa shape index (κ3) is 2.69. The molecule has 0 saturated heterocycles. The summed E-state index contributed by atoms with van der Waals surface area (Å²) in [6, 6.07) is 0. The zero-order valence-electron chi connectivity index (χ0n) is 8.69. The van der Waals surface area contributed by atoms with Gasteiger partial charge in [0.05, 0.1) is 23.3 Å². The van der Waals surface area contributed by atoms with Gasteiger partial charge in [0.1, 0.15) is 5.69 Å². The monoisotopic (exact) mass is 289 g/mol. The summed E-state index contributed by atoms with van der Waals surface area (Å²) in [7, 11) is 0.807. The Labute approximate surface area is 103 Å². The smallest absolute Gasteiger partial charge is 0.418 e. The van der Waals surface area contributed by atoms with Crippen LogP contribution in [0.1, 0.15) is 28.0 Å². The zero-order valence-corrected chi connectivity index (χ0v) is 9.44. The molecule has 0 bridgehead atoms. The van der Waals surface area contributed by atoms with Crippen molar-refractivity contribution in [2.45, 2.75) is 12.6 Å². The summed E-state index contributed by atoms with van der Waals surface area (Å²) < 4.78 is 66.6. The molecule has 0 aliphatic heterocycles. The second kappa shape index (κ2) is 5.05. The van der Waals surface area contributed by atoms with E-state index in [9.17, 15) is 26.7 Å². The van der Waals surface area contributed by atoms with Crippen molar-refractivity contribution in [1.29, 1.82) is 0 Å². The first kappa shape index (κ1) is 14.6. The van der Waals surface area contributed by atoms with E-state index in [2.05, 4.69) is 9.72 Å². The maximum Gasteiger partial charge on any atom is 0.418 e. The number of esters is 1. The quantitative estimate of drug-likeness (QED) is 0.618. The number of carbonyl (C=O) groups excluding carboxylic acids is 1. The lowest BCUT2D eigenvalue weighted by Gasteiger charge is -2.14. The van der Waals surface area contributed by atoms with Gasteiger partial charge in [0.15, 0.2) is 0 Å². The van der Waals surface area contributed by atoms with Crippen LogP contribution in [0.15, 0.2) is 6.20 Å². The molecular formula is C9H5ClF5NO2. The van der Waals surface area contributed by atoms with Gasteiger partial charge >= 0.3 is 12.1 Å². The van der Waals surface area contributed by atoms with Gasteiger partial charge in [0, 0.05) is 6.20 Å². The number of alkyl halides is 5. The molecule has 0 spiro atoms. The van der Waals surface area contributed by atoms with Crippen LogP contribution < -0.4 is 0 Å². The molecule has 0 saturated carbocycles. The van der Waals surface area contributed by atoms with Crippen LogP contribution in [-0.4, -0.2) is 18.1 Å². The fourth-order valence-electron chi connectivity index (χ4n) is 1.17. The third-order valence-electron chi connectivity index (χ3n) is 1.95. The first-order valence-electron chi connectivity index (χ1n) is 4.32. The van der Waals surface area contributed by atoms with Crippen molar-refractivity contribution in [1.82, 2.24) is 4.98 Å². The highest BCUT2D eigenvalue weighted by Crippen LogP contribution is 2.38. The highest BCUT2D eigenvalue weighted by Gasteiger charge is 2.39. The van der Waals surface area contributed by atoms with Crippen molar-refractivity contribution >= 4 is 17.6 Å². The van der Waals surface area contributed by atoms with Crippen molar-refractivity contribution < 1.29 is 31.5 Å². The van der Waals surface area contributed by atoms with E-state index < -0.39 is 40.4 Å². The average molecular weight is 290 g/mol. The largest absolute Gasteiger partial charge is 0.465 e. The second-order valence-electron chi connectivity index (χ2n) is 3.04. The molecule has 100 valence electrons. The lowest BCUT2D eigenvalue weighted by Crippen LogP contribution is -2.17. The molecule has 1 heterocycles. The number of nitrogens with zero attached hydrogens (tertiary/aromatic N) is 1. The third-order valence-corrected chi connectivity index (χ3v) is 2.33. The average Bonchev–Trinajstić information content (AvgIpc) is 2.25. The summed E-state index contributed by atoms with van der Waals surface area (Å²) in [6.07, 6.45) is -8.04. The summed E-state index contributed by atoms with van der Waals surface area (Å²) in [5.41, 5.74) is -3.80. The van der Waals surface area contributed by atoms with Crippen molar-refractivity contribution in [3.63, 3.8) is 0 Å². The number of rotatable bonds is 2. The van der Waals surface area contributed by atoms with Crippen molar-refractivity contribution in [2.75, 3.05) is 7.11 Å². The summed E-state index contributed by atoms with van der Waals surface area (Å²) >= 11 is 5.35. The molecule has 0 unspecified atom stereocenters. The molecule has 0 amide bonds. The SMILES string of the molecule is COC(=O)c1c(C(F)(F)F)cnc(C(F)F)c1Cl. The van der Waals surface area contributed by atoms with Crippen LogP contribution in [0.3, 0.4) is 0 Å². The maximum absolute atomic E-state index is 12.6. The van der Waals surface area contributed by atoms with E-state index >= 15 is 0 Å². The van der Waals surface area contributed by atoms with Crippen LogP contribution in [0, 0.1) is 0 Å². The number of ether oxygens (including phenoxy) is 1. The van der Waals surface area contributed by atoms with Crippen LogP contribution in [0.2, 0.25) is 5.02 Å². The molecule has 18 heavy (non-hydrogen) atoms. The minimum Gasteiger partial charge on any atom is -0.465 e. The van der Waals surface area contributed by atoms with Gasteiger partial charge < -0.3 is 4.74 Å². The number of carbonyl (C=O) groups is 1. The van der Waals surface area contributed by atoms with E-state index in [-0.39, 0.29) is 6.20 Å². The molecule has 9 heteroatoms. The summed E-state index contributed by atoms with van der Waals surface area (Å²) in [5, 5.41) is -1.06. The molecule has 1 aromatic heterocycles. The first-order valence-corrected chi connectivity index (χ1v) is 4.70. The zero-order chi connectivity index (χ0) is 14.1. The fourth-order valence-corrected chi connectivity index (χ4v) is 1.48.